The molecule has 2 N–H and O–H groups in total. The Morgan fingerprint density at radius 3 is 2.53 bits per heavy atom. The van der Waals surface area contributed by atoms with Gasteiger partial charge in [-0.05, 0) is 19.9 Å². The highest BCUT2D eigenvalue weighted by Gasteiger charge is 2.23. The zero-order chi connectivity index (χ0) is 14.6. The SMILES string of the molecule is CC(O)CCOc1c([C@H](C)O)cc(Br)cc1[N+](=O)[O-]. The van der Waals surface area contributed by atoms with E-state index in [-0.39, 0.29) is 18.0 Å². The number of benzene rings is 1. The van der Waals surface area contributed by atoms with Crippen molar-refractivity contribution < 1.29 is 19.9 Å². The molecule has 0 saturated carbocycles. The minimum Gasteiger partial charge on any atom is -0.486 e. The molecule has 0 aliphatic carbocycles. The monoisotopic (exact) mass is 333 g/mol. The van der Waals surface area contributed by atoms with E-state index in [1.165, 1.54) is 13.0 Å². The summed E-state index contributed by atoms with van der Waals surface area (Å²) in [6.07, 6.45) is -1.09. The van der Waals surface area contributed by atoms with Crippen LogP contribution in [0.2, 0.25) is 0 Å². The van der Waals surface area contributed by atoms with Crippen molar-refractivity contribution in [2.75, 3.05) is 6.61 Å². The zero-order valence-corrected chi connectivity index (χ0v) is 12.3. The first-order chi connectivity index (χ1) is 8.82. The average molecular weight is 334 g/mol. The van der Waals surface area contributed by atoms with Crippen LogP contribution in [-0.2, 0) is 0 Å². The molecule has 0 aliphatic heterocycles. The molecule has 0 amide bonds. The van der Waals surface area contributed by atoms with Gasteiger partial charge in [-0.2, -0.15) is 0 Å². The Kier molecular flexibility index (Phi) is 5.71. The van der Waals surface area contributed by atoms with Crippen LogP contribution in [0.1, 0.15) is 31.9 Å². The van der Waals surface area contributed by atoms with Gasteiger partial charge >= 0.3 is 5.69 Å². The minimum absolute atomic E-state index is 0.0452. The maximum atomic E-state index is 11.0. The molecule has 0 bridgehead atoms. The summed E-state index contributed by atoms with van der Waals surface area (Å²) >= 11 is 3.16. The van der Waals surface area contributed by atoms with Crippen molar-refractivity contribution in [2.24, 2.45) is 0 Å². The van der Waals surface area contributed by atoms with Gasteiger partial charge in [-0.3, -0.25) is 10.1 Å². The van der Waals surface area contributed by atoms with Crippen molar-refractivity contribution in [3.8, 4) is 5.75 Å². The Hall–Kier alpha value is -1.18. The topological polar surface area (TPSA) is 92.8 Å². The van der Waals surface area contributed by atoms with Gasteiger partial charge in [-0.15, -0.1) is 0 Å². The van der Waals surface area contributed by atoms with Crippen molar-refractivity contribution in [1.82, 2.24) is 0 Å². The molecule has 0 radical (unpaired) electrons. The lowest BCUT2D eigenvalue weighted by atomic mass is 10.1. The molecular formula is C12H16BrNO5. The molecule has 1 aromatic rings. The molecule has 2 atom stereocenters. The maximum Gasteiger partial charge on any atom is 0.312 e. The number of rotatable bonds is 6. The molecule has 0 saturated heterocycles. The van der Waals surface area contributed by atoms with Crippen LogP contribution in [0.4, 0.5) is 5.69 Å². The molecule has 1 unspecified atom stereocenters. The first-order valence-corrected chi connectivity index (χ1v) is 6.59. The second-order valence-electron chi connectivity index (χ2n) is 4.26. The van der Waals surface area contributed by atoms with E-state index in [2.05, 4.69) is 15.9 Å². The maximum absolute atomic E-state index is 11.0. The lowest BCUT2D eigenvalue weighted by Crippen LogP contribution is -2.10. The number of nitro groups is 1. The summed E-state index contributed by atoms with van der Waals surface area (Å²) < 4.78 is 5.87. The van der Waals surface area contributed by atoms with Crippen molar-refractivity contribution >= 4 is 21.6 Å². The summed E-state index contributed by atoms with van der Waals surface area (Å²) in [6, 6.07) is 2.90. The largest absolute Gasteiger partial charge is 0.486 e. The fourth-order valence-corrected chi connectivity index (χ4v) is 2.00. The summed E-state index contributed by atoms with van der Waals surface area (Å²) in [6.45, 7) is 3.25. The Morgan fingerprint density at radius 1 is 1.42 bits per heavy atom. The highest BCUT2D eigenvalue weighted by Crippen LogP contribution is 2.37. The number of nitrogens with zero attached hydrogens (tertiary/aromatic N) is 1. The molecule has 0 spiro atoms. The van der Waals surface area contributed by atoms with Crippen LogP contribution in [0.15, 0.2) is 16.6 Å². The van der Waals surface area contributed by atoms with E-state index in [0.717, 1.165) is 0 Å². The van der Waals surface area contributed by atoms with Gasteiger partial charge in [0.15, 0.2) is 0 Å². The normalized spacial score (nSPS) is 13.9. The number of hydrogen-bond acceptors (Lipinski definition) is 5. The van der Waals surface area contributed by atoms with Gasteiger partial charge in [-0.25, -0.2) is 0 Å². The highest BCUT2D eigenvalue weighted by molar-refractivity contribution is 9.10. The average Bonchev–Trinajstić information content (AvgIpc) is 2.29. The number of aliphatic hydroxyl groups excluding tert-OH is 2. The zero-order valence-electron chi connectivity index (χ0n) is 10.7. The molecule has 0 heterocycles. The van der Waals surface area contributed by atoms with E-state index < -0.39 is 17.1 Å². The molecule has 0 aromatic heterocycles. The second kappa shape index (κ2) is 6.83. The quantitative estimate of drug-likeness (QED) is 0.616. The van der Waals surface area contributed by atoms with Gasteiger partial charge in [0, 0.05) is 22.5 Å². The van der Waals surface area contributed by atoms with E-state index in [1.54, 1.807) is 13.0 Å². The predicted octanol–water partition coefficient (Wildman–Crippen LogP) is 2.56. The highest BCUT2D eigenvalue weighted by atomic mass is 79.9. The molecule has 1 rings (SSSR count). The minimum atomic E-state index is -0.891. The van der Waals surface area contributed by atoms with Gasteiger partial charge in [0.25, 0.3) is 0 Å². The number of halogens is 1. The van der Waals surface area contributed by atoms with Crippen molar-refractivity contribution in [3.05, 3.63) is 32.3 Å². The van der Waals surface area contributed by atoms with E-state index in [4.69, 9.17) is 9.84 Å². The lowest BCUT2D eigenvalue weighted by Gasteiger charge is -2.14. The number of nitro benzene ring substituents is 1. The lowest BCUT2D eigenvalue weighted by molar-refractivity contribution is -0.386. The van der Waals surface area contributed by atoms with Crippen molar-refractivity contribution in [2.45, 2.75) is 32.5 Å². The predicted molar refractivity (Wildman–Crippen MR) is 73.2 cm³/mol. The van der Waals surface area contributed by atoms with Crippen LogP contribution in [0.5, 0.6) is 5.75 Å². The van der Waals surface area contributed by atoms with Crippen LogP contribution >= 0.6 is 15.9 Å². The molecule has 6 nitrogen and oxygen atoms in total. The third-order valence-corrected chi connectivity index (χ3v) is 2.95. The van der Waals surface area contributed by atoms with Gasteiger partial charge in [-0.1, -0.05) is 15.9 Å². The van der Waals surface area contributed by atoms with Crippen LogP contribution < -0.4 is 4.74 Å². The van der Waals surface area contributed by atoms with Crippen molar-refractivity contribution in [3.63, 3.8) is 0 Å². The first kappa shape index (κ1) is 15.9. The Labute approximate surface area is 119 Å². The van der Waals surface area contributed by atoms with Crippen molar-refractivity contribution in [1.29, 1.82) is 0 Å². The standard InChI is InChI=1S/C12H16BrNO5/c1-7(15)3-4-19-12-10(8(2)16)5-9(13)6-11(12)14(17)18/h5-8,15-16H,3-4H2,1-2H3/t7?,8-/m0/s1. The van der Waals surface area contributed by atoms with Gasteiger partial charge in [0.2, 0.25) is 5.75 Å². The number of ether oxygens (including phenoxy) is 1. The molecule has 7 heteroatoms. The van der Waals surface area contributed by atoms with Gasteiger partial charge in [0.1, 0.15) is 0 Å². The van der Waals surface area contributed by atoms with Gasteiger partial charge < -0.3 is 14.9 Å². The molecule has 0 aliphatic rings. The molecule has 1 aromatic carbocycles. The Morgan fingerprint density at radius 2 is 2.05 bits per heavy atom. The van der Waals surface area contributed by atoms with E-state index in [0.29, 0.717) is 16.5 Å². The van der Waals surface area contributed by atoms with E-state index in [9.17, 15) is 15.2 Å². The van der Waals surface area contributed by atoms with Gasteiger partial charge in [0.05, 0.1) is 23.7 Å². The van der Waals surface area contributed by atoms with Crippen LogP contribution in [0, 0.1) is 10.1 Å². The Bertz CT molecular complexity index is 462. The summed E-state index contributed by atoms with van der Waals surface area (Å²) in [4.78, 5) is 10.5. The van der Waals surface area contributed by atoms with E-state index >= 15 is 0 Å². The summed E-state index contributed by atoms with van der Waals surface area (Å²) in [5.41, 5.74) is 0.127. The summed E-state index contributed by atoms with van der Waals surface area (Å²) in [5, 5.41) is 29.9. The van der Waals surface area contributed by atoms with Crippen LogP contribution in [0.25, 0.3) is 0 Å². The smallest absolute Gasteiger partial charge is 0.312 e. The molecule has 0 fully saturated rings. The second-order valence-corrected chi connectivity index (χ2v) is 5.18. The Balaban J connectivity index is 3.12. The number of hydrogen-bond donors (Lipinski definition) is 2. The third kappa shape index (κ3) is 4.45. The first-order valence-electron chi connectivity index (χ1n) is 5.79. The third-order valence-electron chi connectivity index (χ3n) is 2.49. The van der Waals surface area contributed by atoms with Crippen LogP contribution in [0.3, 0.4) is 0 Å². The molecule has 19 heavy (non-hydrogen) atoms. The molecule has 106 valence electrons. The molecular weight excluding hydrogens is 318 g/mol. The summed E-state index contributed by atoms with van der Waals surface area (Å²) in [5.74, 6) is 0.0452. The fraction of sp³-hybridized carbons (Fsp3) is 0.500. The fourth-order valence-electron chi connectivity index (χ4n) is 1.53. The van der Waals surface area contributed by atoms with E-state index in [1.807, 2.05) is 0 Å². The summed E-state index contributed by atoms with van der Waals surface area (Å²) in [7, 11) is 0. The number of aliphatic hydroxyl groups is 2. The van der Waals surface area contributed by atoms with Crippen LogP contribution in [-0.4, -0.2) is 27.8 Å².